The predicted octanol–water partition coefficient (Wildman–Crippen LogP) is 5.14. The largest absolute Gasteiger partial charge is 0.386 e. The second kappa shape index (κ2) is 22.1. The van der Waals surface area contributed by atoms with Crippen LogP contribution in [0.25, 0.3) is 0 Å². The minimum Gasteiger partial charge on any atom is -0.386 e. The number of rotatable bonds is 22. The molecule has 0 heterocycles. The van der Waals surface area contributed by atoms with Crippen molar-refractivity contribution in [1.82, 2.24) is 15.1 Å². The highest BCUT2D eigenvalue weighted by Crippen LogP contribution is 2.24. The van der Waals surface area contributed by atoms with Crippen molar-refractivity contribution in [3.8, 4) is 0 Å². The van der Waals surface area contributed by atoms with Crippen molar-refractivity contribution in [2.24, 2.45) is 17.8 Å². The highest BCUT2D eigenvalue weighted by molar-refractivity contribution is 5.80. The topological polar surface area (TPSA) is 108 Å². The summed E-state index contributed by atoms with van der Waals surface area (Å²) in [5.41, 5.74) is 0.671. The standard InChI is InChI=1S/C35H63N3O6/c1-13-17-19-28(16-4)34(41)27(9)36-35(42)26(8)30(44-12)23-38(20-18-14-2)32(40)22-29(43-11)33(25(7)15-3)37(10)31(39)21-24(5)6/h13,16-17,19,24-27,29-30,33-34,41H,1,14-15,18,20-23H2,2-12H3,(H,36,42)/b19-17-,28-16+. The molecule has 0 aliphatic carbocycles. The van der Waals surface area contributed by atoms with Crippen LogP contribution in [0.3, 0.4) is 0 Å². The second-order valence-electron chi connectivity index (χ2n) is 12.3. The van der Waals surface area contributed by atoms with Crippen LogP contribution in [-0.2, 0) is 23.9 Å². The van der Waals surface area contributed by atoms with E-state index in [0.717, 1.165) is 19.3 Å². The number of amides is 3. The van der Waals surface area contributed by atoms with Crippen LogP contribution in [0.2, 0.25) is 0 Å². The summed E-state index contributed by atoms with van der Waals surface area (Å²) < 4.78 is 11.7. The number of nitrogens with one attached hydrogen (secondary N) is 1. The molecular weight excluding hydrogens is 558 g/mol. The number of hydrogen-bond donors (Lipinski definition) is 2. The van der Waals surface area contributed by atoms with Crippen LogP contribution in [0.1, 0.15) is 87.5 Å². The van der Waals surface area contributed by atoms with Gasteiger partial charge in [-0.25, -0.2) is 0 Å². The smallest absolute Gasteiger partial charge is 0.225 e. The molecule has 2 N–H and O–H groups in total. The summed E-state index contributed by atoms with van der Waals surface area (Å²) in [4.78, 5) is 43.7. The Morgan fingerprint density at radius 2 is 1.59 bits per heavy atom. The first-order valence-corrected chi connectivity index (χ1v) is 16.3. The number of aliphatic hydroxyl groups is 1. The zero-order valence-electron chi connectivity index (χ0n) is 29.5. The van der Waals surface area contributed by atoms with Gasteiger partial charge in [-0.3, -0.25) is 14.4 Å². The summed E-state index contributed by atoms with van der Waals surface area (Å²) in [5, 5.41) is 13.7. The summed E-state index contributed by atoms with van der Waals surface area (Å²) in [6.07, 6.45) is 8.05. The van der Waals surface area contributed by atoms with Gasteiger partial charge >= 0.3 is 0 Å². The lowest BCUT2D eigenvalue weighted by Gasteiger charge is -2.39. The quantitative estimate of drug-likeness (QED) is 0.162. The van der Waals surface area contributed by atoms with Crippen LogP contribution in [0.15, 0.2) is 36.5 Å². The molecule has 0 rings (SSSR count). The molecule has 44 heavy (non-hydrogen) atoms. The summed E-state index contributed by atoms with van der Waals surface area (Å²) in [7, 11) is 4.94. The van der Waals surface area contributed by atoms with Crippen molar-refractivity contribution in [2.45, 2.75) is 118 Å². The molecule has 0 fully saturated rings. The van der Waals surface area contributed by atoms with Crippen molar-refractivity contribution >= 4 is 17.7 Å². The zero-order chi connectivity index (χ0) is 34.0. The van der Waals surface area contributed by atoms with Crippen molar-refractivity contribution < 1.29 is 29.0 Å². The first-order valence-electron chi connectivity index (χ1n) is 16.3. The highest BCUT2D eigenvalue weighted by Gasteiger charge is 2.36. The molecular formula is C35H63N3O6. The first-order chi connectivity index (χ1) is 20.7. The van der Waals surface area contributed by atoms with E-state index in [1.807, 2.05) is 20.8 Å². The van der Waals surface area contributed by atoms with Crippen LogP contribution < -0.4 is 5.32 Å². The number of nitrogens with zero attached hydrogens (tertiary/aromatic N) is 2. The fourth-order valence-electron chi connectivity index (χ4n) is 5.30. The molecule has 7 atom stereocenters. The molecule has 0 aromatic heterocycles. The number of unbranched alkanes of at least 4 members (excludes halogenated alkanes) is 1. The Balaban J connectivity index is 5.88. The molecule has 0 aliphatic rings. The van der Waals surface area contributed by atoms with Gasteiger partial charge in [-0.2, -0.15) is 0 Å². The van der Waals surface area contributed by atoms with Gasteiger partial charge in [-0.05, 0) is 37.7 Å². The van der Waals surface area contributed by atoms with E-state index in [1.54, 1.807) is 69.2 Å². The monoisotopic (exact) mass is 621 g/mol. The number of aliphatic hydroxyl groups excluding tert-OH is 1. The van der Waals surface area contributed by atoms with Gasteiger partial charge in [0.2, 0.25) is 17.7 Å². The van der Waals surface area contributed by atoms with E-state index in [-0.39, 0.29) is 48.6 Å². The van der Waals surface area contributed by atoms with Gasteiger partial charge in [0, 0.05) is 40.8 Å². The Hall–Kier alpha value is -2.49. The lowest BCUT2D eigenvalue weighted by atomic mass is 9.90. The van der Waals surface area contributed by atoms with E-state index < -0.39 is 30.3 Å². The fourth-order valence-corrected chi connectivity index (χ4v) is 5.30. The van der Waals surface area contributed by atoms with E-state index in [4.69, 9.17) is 9.47 Å². The molecule has 0 aliphatic heterocycles. The number of carbonyl (C=O) groups is 3. The van der Waals surface area contributed by atoms with Crippen LogP contribution in [0.4, 0.5) is 0 Å². The number of carbonyl (C=O) groups excluding carboxylic acids is 3. The molecule has 0 bridgehead atoms. The normalized spacial score (nSPS) is 17.0. The molecule has 0 radical (unpaired) electrons. The number of methoxy groups -OCH3 is 2. The predicted molar refractivity (Wildman–Crippen MR) is 179 cm³/mol. The maximum atomic E-state index is 13.8. The van der Waals surface area contributed by atoms with Crippen LogP contribution in [-0.4, -0.2) is 97.4 Å². The molecule has 0 aromatic rings. The Bertz CT molecular complexity index is 933. The Kier molecular flexibility index (Phi) is 20.8. The SMILES string of the molecule is C=C/C=C\C(=C/C)C(O)C(C)NC(=O)C(C)C(CN(CCCC)C(=O)CC(OC)C(C(C)CC)N(C)C(=O)CC(C)C)OC. The molecule has 9 heteroatoms. The van der Waals surface area contributed by atoms with E-state index >= 15 is 0 Å². The van der Waals surface area contributed by atoms with Gasteiger partial charge < -0.3 is 29.7 Å². The van der Waals surface area contributed by atoms with Gasteiger partial charge in [0.25, 0.3) is 0 Å². The lowest BCUT2D eigenvalue weighted by molar-refractivity contribution is -0.144. The molecule has 0 spiro atoms. The third-order valence-electron chi connectivity index (χ3n) is 8.46. The zero-order valence-corrected chi connectivity index (χ0v) is 29.5. The Morgan fingerprint density at radius 1 is 0.977 bits per heavy atom. The lowest BCUT2D eigenvalue weighted by Crippen LogP contribution is -2.52. The number of likely N-dealkylation sites (N-methyl/N-ethyl adjacent to an activating group) is 1. The number of allylic oxidation sites excluding steroid dienone is 3. The fraction of sp³-hybridized carbons (Fsp3) is 0.743. The van der Waals surface area contributed by atoms with Gasteiger partial charge in [0.1, 0.15) is 0 Å². The summed E-state index contributed by atoms with van der Waals surface area (Å²) in [5.74, 6) is -0.568. The minimum atomic E-state index is -0.897. The number of hydrogen-bond acceptors (Lipinski definition) is 6. The maximum absolute atomic E-state index is 13.8. The van der Waals surface area contributed by atoms with Crippen LogP contribution in [0, 0.1) is 17.8 Å². The second-order valence-corrected chi connectivity index (χ2v) is 12.3. The van der Waals surface area contributed by atoms with E-state index in [1.165, 1.54) is 0 Å². The molecule has 0 saturated heterocycles. The number of ether oxygens (including phenoxy) is 2. The van der Waals surface area contributed by atoms with E-state index in [2.05, 4.69) is 32.7 Å². The van der Waals surface area contributed by atoms with Gasteiger partial charge in [-0.15, -0.1) is 0 Å². The third-order valence-corrected chi connectivity index (χ3v) is 8.46. The third kappa shape index (κ3) is 13.7. The minimum absolute atomic E-state index is 0.0412. The van der Waals surface area contributed by atoms with Crippen LogP contribution in [0.5, 0.6) is 0 Å². The maximum Gasteiger partial charge on any atom is 0.225 e. The van der Waals surface area contributed by atoms with Crippen molar-refractivity contribution in [2.75, 3.05) is 34.4 Å². The van der Waals surface area contributed by atoms with Crippen molar-refractivity contribution in [1.29, 1.82) is 0 Å². The first kappa shape index (κ1) is 41.5. The van der Waals surface area contributed by atoms with E-state index in [9.17, 15) is 19.5 Å². The molecule has 0 saturated carbocycles. The Labute approximate surface area is 268 Å². The van der Waals surface area contributed by atoms with Crippen molar-refractivity contribution in [3.05, 3.63) is 36.5 Å². The summed E-state index contributed by atoms with van der Waals surface area (Å²) >= 11 is 0. The van der Waals surface area contributed by atoms with Gasteiger partial charge in [0.05, 0.1) is 42.7 Å². The average molecular weight is 622 g/mol. The molecule has 0 aromatic carbocycles. The highest BCUT2D eigenvalue weighted by atomic mass is 16.5. The molecule has 3 amide bonds. The summed E-state index contributed by atoms with van der Waals surface area (Å²) in [6.45, 7) is 20.0. The van der Waals surface area contributed by atoms with E-state index in [0.29, 0.717) is 18.5 Å². The average Bonchev–Trinajstić information content (AvgIpc) is 2.99. The van der Waals surface area contributed by atoms with Crippen molar-refractivity contribution in [3.63, 3.8) is 0 Å². The molecule has 7 unspecified atom stereocenters. The summed E-state index contributed by atoms with van der Waals surface area (Å²) in [6, 6.07) is -0.802. The van der Waals surface area contributed by atoms with Crippen LogP contribution >= 0.6 is 0 Å². The van der Waals surface area contributed by atoms with Gasteiger partial charge in [-0.1, -0.05) is 85.3 Å². The van der Waals surface area contributed by atoms with Gasteiger partial charge in [0.15, 0.2) is 0 Å². The molecule has 254 valence electrons. The Morgan fingerprint density at radius 3 is 2.07 bits per heavy atom. The molecule has 9 nitrogen and oxygen atoms in total.